The Bertz CT molecular complexity index is 649. The van der Waals surface area contributed by atoms with Crippen molar-refractivity contribution < 1.29 is 14.6 Å². The number of hydrogen-bond acceptors (Lipinski definition) is 4. The first-order valence-corrected chi connectivity index (χ1v) is 7.87. The molecule has 1 heterocycles. The summed E-state index contributed by atoms with van der Waals surface area (Å²) in [5.41, 5.74) is 1.55. The molecule has 0 radical (unpaired) electrons. The maximum atomic E-state index is 10.2. The first kappa shape index (κ1) is 15.8. The van der Waals surface area contributed by atoms with E-state index in [2.05, 4.69) is 23.1 Å². The van der Waals surface area contributed by atoms with Crippen LogP contribution in [0.4, 0.5) is 0 Å². The third-order valence-electron chi connectivity index (χ3n) is 3.73. The third-order valence-corrected chi connectivity index (χ3v) is 3.73. The van der Waals surface area contributed by atoms with Crippen LogP contribution in [0.15, 0.2) is 48.5 Å². The molecule has 0 fully saturated rings. The van der Waals surface area contributed by atoms with Crippen LogP contribution in [-0.4, -0.2) is 28.9 Å². The molecule has 0 amide bonds. The Morgan fingerprint density at radius 2 is 1.78 bits per heavy atom. The molecule has 0 aliphatic carbocycles. The van der Waals surface area contributed by atoms with Gasteiger partial charge in [-0.2, -0.15) is 0 Å². The summed E-state index contributed by atoms with van der Waals surface area (Å²) in [4.78, 5) is 2.23. The number of para-hydroxylation sites is 1. The molecule has 4 heteroatoms. The van der Waals surface area contributed by atoms with E-state index in [1.807, 2.05) is 44.2 Å². The van der Waals surface area contributed by atoms with E-state index < -0.39 is 5.60 Å². The van der Waals surface area contributed by atoms with Crippen LogP contribution in [0, 0.1) is 0 Å². The van der Waals surface area contributed by atoms with E-state index in [9.17, 15) is 5.11 Å². The van der Waals surface area contributed by atoms with Gasteiger partial charge in [-0.25, -0.2) is 0 Å². The highest BCUT2D eigenvalue weighted by molar-refractivity contribution is 5.48. The zero-order valence-electron chi connectivity index (χ0n) is 13.7. The van der Waals surface area contributed by atoms with Crippen molar-refractivity contribution in [3.05, 3.63) is 59.7 Å². The molecule has 0 atom stereocenters. The summed E-state index contributed by atoms with van der Waals surface area (Å²) in [6, 6.07) is 16.2. The molecular weight excluding hydrogens is 290 g/mol. The highest BCUT2D eigenvalue weighted by Gasteiger charge is 2.22. The quantitative estimate of drug-likeness (QED) is 0.889. The van der Waals surface area contributed by atoms with E-state index in [0.29, 0.717) is 13.1 Å². The largest absolute Gasteiger partial charge is 0.454 e. The molecule has 0 spiro atoms. The van der Waals surface area contributed by atoms with Crippen molar-refractivity contribution in [2.75, 3.05) is 13.3 Å². The average molecular weight is 313 g/mol. The van der Waals surface area contributed by atoms with Gasteiger partial charge in [0.2, 0.25) is 6.79 Å². The van der Waals surface area contributed by atoms with Gasteiger partial charge in [0, 0.05) is 25.2 Å². The van der Waals surface area contributed by atoms with Gasteiger partial charge >= 0.3 is 0 Å². The molecule has 1 N–H and O–H groups in total. The molecule has 1 aliphatic rings. The van der Waals surface area contributed by atoms with Gasteiger partial charge in [-0.3, -0.25) is 4.90 Å². The fraction of sp³-hybridized carbons (Fsp3) is 0.368. The van der Waals surface area contributed by atoms with E-state index in [-0.39, 0.29) is 6.79 Å². The number of hydrogen-bond donors (Lipinski definition) is 1. The molecule has 122 valence electrons. The molecule has 0 unspecified atom stereocenters. The average Bonchev–Trinajstić information content (AvgIpc) is 2.96. The van der Waals surface area contributed by atoms with E-state index in [4.69, 9.17) is 9.47 Å². The fourth-order valence-corrected chi connectivity index (χ4v) is 2.91. The Kier molecular flexibility index (Phi) is 4.55. The van der Waals surface area contributed by atoms with Gasteiger partial charge in [0.1, 0.15) is 0 Å². The van der Waals surface area contributed by atoms with Crippen molar-refractivity contribution in [2.24, 2.45) is 0 Å². The summed E-state index contributed by atoms with van der Waals surface area (Å²) >= 11 is 0. The lowest BCUT2D eigenvalue weighted by Gasteiger charge is -2.29. The summed E-state index contributed by atoms with van der Waals surface area (Å²) in [6.07, 6.45) is 0. The second-order valence-electron chi connectivity index (χ2n) is 6.59. The van der Waals surface area contributed by atoms with Gasteiger partial charge < -0.3 is 14.6 Å². The van der Waals surface area contributed by atoms with Gasteiger partial charge in [0.15, 0.2) is 11.5 Å². The molecule has 2 aromatic rings. The van der Waals surface area contributed by atoms with Crippen LogP contribution >= 0.6 is 0 Å². The highest BCUT2D eigenvalue weighted by Crippen LogP contribution is 2.36. The number of aliphatic hydroxyl groups is 1. The predicted molar refractivity (Wildman–Crippen MR) is 89.4 cm³/mol. The summed E-state index contributed by atoms with van der Waals surface area (Å²) in [5.74, 6) is 1.62. The van der Waals surface area contributed by atoms with Gasteiger partial charge in [-0.15, -0.1) is 0 Å². The summed E-state index contributed by atoms with van der Waals surface area (Å²) in [5, 5.41) is 10.2. The van der Waals surface area contributed by atoms with Gasteiger partial charge in [0.05, 0.1) is 5.60 Å². The Hall–Kier alpha value is -2.04. The Morgan fingerprint density at radius 3 is 2.52 bits per heavy atom. The molecule has 0 aromatic heterocycles. The van der Waals surface area contributed by atoms with Crippen molar-refractivity contribution in [1.29, 1.82) is 0 Å². The first-order valence-electron chi connectivity index (χ1n) is 7.87. The lowest BCUT2D eigenvalue weighted by atomic mass is 10.1. The van der Waals surface area contributed by atoms with Crippen molar-refractivity contribution in [3.8, 4) is 11.5 Å². The summed E-state index contributed by atoms with van der Waals surface area (Å²) in [7, 11) is 0. The van der Waals surface area contributed by atoms with E-state index >= 15 is 0 Å². The van der Waals surface area contributed by atoms with Gasteiger partial charge in [0.25, 0.3) is 0 Å². The minimum absolute atomic E-state index is 0.274. The van der Waals surface area contributed by atoms with Crippen LogP contribution in [0.3, 0.4) is 0 Å². The summed E-state index contributed by atoms with van der Waals surface area (Å²) < 4.78 is 11.0. The smallest absolute Gasteiger partial charge is 0.231 e. The molecular formula is C19H23NO3. The zero-order chi connectivity index (χ0) is 16.3. The molecule has 2 aromatic carbocycles. The third kappa shape index (κ3) is 4.24. The number of fused-ring (bicyclic) bond motifs is 1. The number of benzene rings is 2. The van der Waals surface area contributed by atoms with E-state index in [1.54, 1.807) is 0 Å². The maximum absolute atomic E-state index is 10.2. The lowest BCUT2D eigenvalue weighted by Crippen LogP contribution is -2.37. The van der Waals surface area contributed by atoms with Crippen LogP contribution in [-0.2, 0) is 13.1 Å². The van der Waals surface area contributed by atoms with Crippen molar-refractivity contribution >= 4 is 0 Å². The van der Waals surface area contributed by atoms with E-state index in [1.165, 1.54) is 5.56 Å². The van der Waals surface area contributed by atoms with Gasteiger partial charge in [-0.05, 0) is 25.5 Å². The standard InChI is InChI=1S/C19H23NO3/c1-19(2,21)13-20(11-15-7-4-3-5-8-15)12-16-9-6-10-17-18(16)23-14-22-17/h3-10,21H,11-14H2,1-2H3. The molecule has 1 aliphatic heterocycles. The number of rotatable bonds is 6. The lowest BCUT2D eigenvalue weighted by molar-refractivity contribution is 0.0303. The minimum Gasteiger partial charge on any atom is -0.454 e. The monoisotopic (exact) mass is 313 g/mol. The van der Waals surface area contributed by atoms with Crippen molar-refractivity contribution in [3.63, 3.8) is 0 Å². The van der Waals surface area contributed by atoms with Crippen LogP contribution in [0.1, 0.15) is 25.0 Å². The van der Waals surface area contributed by atoms with E-state index in [0.717, 1.165) is 23.6 Å². The topological polar surface area (TPSA) is 41.9 Å². The van der Waals surface area contributed by atoms with Crippen LogP contribution in [0.2, 0.25) is 0 Å². The summed E-state index contributed by atoms with van der Waals surface area (Å²) in [6.45, 7) is 5.99. The first-order chi connectivity index (χ1) is 11.0. The molecule has 0 bridgehead atoms. The SMILES string of the molecule is CC(C)(O)CN(Cc1ccccc1)Cc1cccc2c1OCO2. The second-order valence-corrected chi connectivity index (χ2v) is 6.59. The molecule has 0 saturated heterocycles. The number of nitrogens with zero attached hydrogens (tertiary/aromatic N) is 1. The Balaban J connectivity index is 1.80. The Labute approximate surface area is 137 Å². The zero-order valence-corrected chi connectivity index (χ0v) is 13.7. The Morgan fingerprint density at radius 1 is 1.00 bits per heavy atom. The van der Waals surface area contributed by atoms with Crippen LogP contribution < -0.4 is 9.47 Å². The second kappa shape index (κ2) is 6.60. The maximum Gasteiger partial charge on any atom is 0.231 e. The van der Waals surface area contributed by atoms with Crippen LogP contribution in [0.5, 0.6) is 11.5 Å². The molecule has 4 nitrogen and oxygen atoms in total. The normalized spacial score (nSPS) is 13.6. The highest BCUT2D eigenvalue weighted by atomic mass is 16.7. The fourth-order valence-electron chi connectivity index (χ4n) is 2.91. The molecule has 0 saturated carbocycles. The van der Waals surface area contributed by atoms with Crippen molar-refractivity contribution in [2.45, 2.75) is 32.5 Å². The number of ether oxygens (including phenoxy) is 2. The minimum atomic E-state index is -0.760. The predicted octanol–water partition coefficient (Wildman–Crippen LogP) is 3.19. The van der Waals surface area contributed by atoms with Gasteiger partial charge in [-0.1, -0.05) is 42.5 Å². The van der Waals surface area contributed by atoms with Crippen molar-refractivity contribution in [1.82, 2.24) is 4.90 Å². The molecule has 3 rings (SSSR count). The molecule has 23 heavy (non-hydrogen) atoms. The van der Waals surface area contributed by atoms with Crippen LogP contribution in [0.25, 0.3) is 0 Å².